The van der Waals surface area contributed by atoms with Gasteiger partial charge in [-0.15, -0.1) is 0 Å². The molecule has 6 heteroatoms. The van der Waals surface area contributed by atoms with Crippen molar-refractivity contribution >= 4 is 27.6 Å². The van der Waals surface area contributed by atoms with Gasteiger partial charge in [-0.05, 0) is 24.1 Å². The first-order valence-electron chi connectivity index (χ1n) is 4.94. The summed E-state index contributed by atoms with van der Waals surface area (Å²) in [6.45, 7) is 3.55. The maximum Gasteiger partial charge on any atom is 0.320 e. The Morgan fingerprint density at radius 1 is 1.47 bits per heavy atom. The molecule has 0 unspecified atom stereocenters. The first kappa shape index (κ1) is 15.9. The van der Waals surface area contributed by atoms with Gasteiger partial charge >= 0.3 is 5.97 Å². The van der Waals surface area contributed by atoms with E-state index >= 15 is 0 Å². The predicted octanol–water partition coefficient (Wildman–Crippen LogP) is 2.22. The third-order valence-electron chi connectivity index (χ3n) is 1.97. The summed E-state index contributed by atoms with van der Waals surface area (Å²) in [7, 11) is 0. The number of carbonyl (C=O) groups is 1. The zero-order valence-electron chi connectivity index (χ0n) is 9.65. The van der Waals surface area contributed by atoms with Crippen LogP contribution in [0.5, 0.6) is 0 Å². The Labute approximate surface area is 108 Å². The minimum Gasteiger partial charge on any atom is -0.480 e. The molecule has 0 bridgehead atoms. The summed E-state index contributed by atoms with van der Waals surface area (Å²) in [5.41, 5.74) is 10.5. The Balaban J connectivity index is 0.000000304. The van der Waals surface area contributed by atoms with Crippen LogP contribution in [0, 0.1) is 11.7 Å². The summed E-state index contributed by atoms with van der Waals surface area (Å²) in [6.07, 6.45) is 0. The van der Waals surface area contributed by atoms with Gasteiger partial charge in [0.1, 0.15) is 11.9 Å². The third-order valence-corrected chi connectivity index (χ3v) is 2.46. The van der Waals surface area contributed by atoms with E-state index in [0.717, 1.165) is 0 Å². The summed E-state index contributed by atoms with van der Waals surface area (Å²) in [4.78, 5) is 10.0. The van der Waals surface area contributed by atoms with E-state index in [4.69, 9.17) is 16.6 Å². The molecule has 1 aromatic carbocycles. The molecule has 0 radical (unpaired) electrons. The number of benzene rings is 1. The maximum absolute atomic E-state index is 12.4. The molecule has 5 N–H and O–H groups in total. The van der Waals surface area contributed by atoms with Crippen LogP contribution in [0.15, 0.2) is 22.7 Å². The molecule has 17 heavy (non-hydrogen) atoms. The van der Waals surface area contributed by atoms with Crippen LogP contribution < -0.4 is 11.5 Å². The first-order valence-corrected chi connectivity index (χ1v) is 5.74. The monoisotopic (exact) mass is 306 g/mol. The minimum atomic E-state index is -0.931. The van der Waals surface area contributed by atoms with Crippen molar-refractivity contribution in [3.8, 4) is 0 Å². The van der Waals surface area contributed by atoms with Gasteiger partial charge in [-0.3, -0.25) is 4.79 Å². The van der Waals surface area contributed by atoms with E-state index in [1.54, 1.807) is 19.9 Å². The SMILES string of the molecule is CC(C)[C@H](N)C(=O)O.Nc1ccc(Br)cc1F. The van der Waals surface area contributed by atoms with Crippen molar-refractivity contribution in [1.29, 1.82) is 0 Å². The molecule has 0 aromatic heterocycles. The summed E-state index contributed by atoms with van der Waals surface area (Å²) >= 11 is 3.10. The largest absolute Gasteiger partial charge is 0.480 e. The number of nitrogen functional groups attached to an aromatic ring is 1. The minimum absolute atomic E-state index is 0.0208. The van der Waals surface area contributed by atoms with Gasteiger partial charge in [-0.2, -0.15) is 0 Å². The van der Waals surface area contributed by atoms with Crippen molar-refractivity contribution in [3.63, 3.8) is 0 Å². The highest BCUT2D eigenvalue weighted by atomic mass is 79.9. The molecule has 0 amide bonds. The van der Waals surface area contributed by atoms with Crippen LogP contribution in [0.3, 0.4) is 0 Å². The zero-order chi connectivity index (χ0) is 13.6. The van der Waals surface area contributed by atoms with Crippen molar-refractivity contribution in [2.45, 2.75) is 19.9 Å². The highest BCUT2D eigenvalue weighted by Gasteiger charge is 2.14. The molecule has 0 spiro atoms. The average molecular weight is 307 g/mol. The molecule has 0 fully saturated rings. The molecule has 1 atom stereocenters. The van der Waals surface area contributed by atoms with Crippen molar-refractivity contribution in [2.75, 3.05) is 5.73 Å². The van der Waals surface area contributed by atoms with Gasteiger partial charge in [-0.25, -0.2) is 4.39 Å². The summed E-state index contributed by atoms with van der Waals surface area (Å²) < 4.78 is 13.1. The number of carboxylic acids is 1. The lowest BCUT2D eigenvalue weighted by Crippen LogP contribution is -2.34. The Morgan fingerprint density at radius 3 is 2.24 bits per heavy atom. The van der Waals surface area contributed by atoms with Crippen LogP contribution in [0.25, 0.3) is 0 Å². The van der Waals surface area contributed by atoms with Crippen LogP contribution in [-0.2, 0) is 4.79 Å². The second-order valence-corrected chi connectivity index (χ2v) is 4.69. The van der Waals surface area contributed by atoms with Crippen molar-refractivity contribution in [1.82, 2.24) is 0 Å². The Kier molecular flexibility index (Phi) is 6.75. The lowest BCUT2D eigenvalue weighted by atomic mass is 10.1. The molecule has 0 aliphatic rings. The normalized spacial score (nSPS) is 11.6. The van der Waals surface area contributed by atoms with Gasteiger partial charge in [0, 0.05) is 4.47 Å². The van der Waals surface area contributed by atoms with E-state index in [-0.39, 0.29) is 17.4 Å². The molecular formula is C11H16BrFN2O2. The second kappa shape index (κ2) is 7.24. The molecule has 0 heterocycles. The number of nitrogens with two attached hydrogens (primary N) is 2. The number of rotatable bonds is 2. The highest BCUT2D eigenvalue weighted by molar-refractivity contribution is 9.10. The summed E-state index contributed by atoms with van der Waals surface area (Å²) in [5.74, 6) is -1.29. The van der Waals surface area contributed by atoms with Gasteiger partial charge < -0.3 is 16.6 Å². The van der Waals surface area contributed by atoms with E-state index in [9.17, 15) is 9.18 Å². The standard InChI is InChI=1S/C6H5BrFN.C5H11NO2/c7-4-1-2-6(9)5(8)3-4;1-3(2)4(6)5(7)8/h1-3H,9H2;3-4H,6H2,1-2H3,(H,7,8)/t;4-/m.0/s1. The average Bonchev–Trinajstić information content (AvgIpc) is 2.23. The number of carboxylic acid groups (broad SMARTS) is 1. The van der Waals surface area contributed by atoms with Crippen molar-refractivity contribution < 1.29 is 14.3 Å². The fourth-order valence-electron chi connectivity index (χ4n) is 0.787. The van der Waals surface area contributed by atoms with Gasteiger partial charge in [0.05, 0.1) is 5.69 Å². The van der Waals surface area contributed by atoms with Crippen LogP contribution in [0.1, 0.15) is 13.8 Å². The number of halogens is 2. The van der Waals surface area contributed by atoms with Crippen LogP contribution in [-0.4, -0.2) is 17.1 Å². The van der Waals surface area contributed by atoms with Crippen LogP contribution in [0.2, 0.25) is 0 Å². The van der Waals surface area contributed by atoms with E-state index in [1.807, 2.05) is 0 Å². The lowest BCUT2D eigenvalue weighted by molar-refractivity contribution is -0.139. The Bertz CT molecular complexity index is 386. The fraction of sp³-hybridized carbons (Fsp3) is 0.364. The Morgan fingerprint density at radius 2 is 2.00 bits per heavy atom. The number of aliphatic carboxylic acids is 1. The molecular weight excluding hydrogens is 291 g/mol. The van der Waals surface area contributed by atoms with Gasteiger partial charge in [-0.1, -0.05) is 29.8 Å². The molecule has 96 valence electrons. The number of hydrogen-bond donors (Lipinski definition) is 3. The number of anilines is 1. The molecule has 0 saturated carbocycles. The number of hydrogen-bond acceptors (Lipinski definition) is 3. The van der Waals surface area contributed by atoms with Crippen molar-refractivity contribution in [2.24, 2.45) is 11.7 Å². The van der Waals surface area contributed by atoms with Crippen LogP contribution in [0.4, 0.5) is 10.1 Å². The molecule has 1 rings (SSSR count). The van der Waals surface area contributed by atoms with Gasteiger partial charge in [0.15, 0.2) is 0 Å². The third kappa shape index (κ3) is 6.23. The van der Waals surface area contributed by atoms with E-state index in [2.05, 4.69) is 15.9 Å². The molecule has 0 aliphatic carbocycles. The molecule has 0 saturated heterocycles. The van der Waals surface area contributed by atoms with Gasteiger partial charge in [0.25, 0.3) is 0 Å². The molecule has 4 nitrogen and oxygen atoms in total. The van der Waals surface area contributed by atoms with E-state index in [1.165, 1.54) is 12.1 Å². The lowest BCUT2D eigenvalue weighted by Gasteiger charge is -2.07. The smallest absolute Gasteiger partial charge is 0.320 e. The fourth-order valence-corrected chi connectivity index (χ4v) is 1.12. The van der Waals surface area contributed by atoms with E-state index in [0.29, 0.717) is 4.47 Å². The Hall–Kier alpha value is -1.14. The van der Waals surface area contributed by atoms with Gasteiger partial charge in [0.2, 0.25) is 0 Å². The molecule has 0 aliphatic heterocycles. The quantitative estimate of drug-likeness (QED) is 0.731. The topological polar surface area (TPSA) is 89.3 Å². The second-order valence-electron chi connectivity index (χ2n) is 3.77. The zero-order valence-corrected chi connectivity index (χ0v) is 11.2. The van der Waals surface area contributed by atoms with E-state index < -0.39 is 12.0 Å². The summed E-state index contributed by atoms with van der Waals surface area (Å²) in [6, 6.07) is 3.82. The predicted molar refractivity (Wildman–Crippen MR) is 69.0 cm³/mol. The van der Waals surface area contributed by atoms with Crippen LogP contribution >= 0.6 is 15.9 Å². The first-order chi connectivity index (χ1) is 7.75. The highest BCUT2D eigenvalue weighted by Crippen LogP contribution is 2.15. The molecule has 1 aromatic rings. The maximum atomic E-state index is 12.4. The van der Waals surface area contributed by atoms with Crippen molar-refractivity contribution in [3.05, 3.63) is 28.5 Å². The summed E-state index contributed by atoms with van der Waals surface area (Å²) in [5, 5.41) is 8.23.